The summed E-state index contributed by atoms with van der Waals surface area (Å²) in [5.41, 5.74) is 1.61. The van der Waals surface area contributed by atoms with E-state index in [1.54, 1.807) is 49.5 Å². The number of hydrogen-bond acceptors (Lipinski definition) is 6. The molecule has 0 unspecified atom stereocenters. The van der Waals surface area contributed by atoms with Crippen molar-refractivity contribution in [2.45, 2.75) is 20.5 Å². The van der Waals surface area contributed by atoms with E-state index in [0.29, 0.717) is 22.1 Å². The van der Waals surface area contributed by atoms with Gasteiger partial charge in [0.2, 0.25) is 11.1 Å². The molecule has 31 heavy (non-hydrogen) atoms. The van der Waals surface area contributed by atoms with Crippen LogP contribution in [0.2, 0.25) is 5.02 Å². The molecule has 0 amide bonds. The number of carbonyl (C=O) groups excluding carboxylic acids is 1. The van der Waals surface area contributed by atoms with Gasteiger partial charge in [-0.2, -0.15) is 5.10 Å². The molecule has 0 bridgehead atoms. The predicted molar refractivity (Wildman–Crippen MR) is 115 cm³/mol. The first-order chi connectivity index (χ1) is 14.8. The number of ether oxygens (including phenoxy) is 1. The number of esters is 1. The zero-order chi connectivity index (χ0) is 22.1. The van der Waals surface area contributed by atoms with Crippen LogP contribution in [0.25, 0.3) is 11.3 Å². The third-order valence-electron chi connectivity index (χ3n) is 4.60. The Hall–Kier alpha value is -3.78. The van der Waals surface area contributed by atoms with E-state index in [0.717, 1.165) is 5.56 Å². The first-order valence-electron chi connectivity index (χ1n) is 9.35. The van der Waals surface area contributed by atoms with Gasteiger partial charge in [0.25, 0.3) is 5.56 Å². The van der Waals surface area contributed by atoms with Crippen molar-refractivity contribution in [2.24, 2.45) is 0 Å². The van der Waals surface area contributed by atoms with Crippen LogP contribution < -0.4 is 11.0 Å². The van der Waals surface area contributed by atoms with Gasteiger partial charge in [-0.1, -0.05) is 11.6 Å². The normalized spacial score (nSPS) is 10.9. The summed E-state index contributed by atoms with van der Waals surface area (Å²) < 4.78 is 8.08. The minimum Gasteiger partial charge on any atom is -0.454 e. The van der Waals surface area contributed by atoms with Crippen molar-refractivity contribution in [1.82, 2.24) is 19.2 Å². The summed E-state index contributed by atoms with van der Waals surface area (Å²) in [6.07, 6.45) is 1.63. The van der Waals surface area contributed by atoms with E-state index in [1.807, 2.05) is 6.92 Å². The van der Waals surface area contributed by atoms with E-state index in [4.69, 9.17) is 16.3 Å². The van der Waals surface area contributed by atoms with E-state index >= 15 is 0 Å². The molecule has 0 saturated heterocycles. The number of nitrogens with zero attached hydrogens (tertiary/aromatic N) is 4. The molecule has 0 spiro atoms. The van der Waals surface area contributed by atoms with Gasteiger partial charge in [-0.05, 0) is 55.8 Å². The van der Waals surface area contributed by atoms with Crippen molar-refractivity contribution in [1.29, 1.82) is 0 Å². The maximum atomic E-state index is 12.6. The molecule has 0 N–H and O–H groups in total. The largest absolute Gasteiger partial charge is 0.454 e. The Morgan fingerprint density at radius 3 is 2.55 bits per heavy atom. The molecule has 0 radical (unpaired) electrons. The molecule has 3 aromatic heterocycles. The van der Waals surface area contributed by atoms with Gasteiger partial charge in [-0.3, -0.25) is 14.0 Å². The van der Waals surface area contributed by atoms with Crippen molar-refractivity contribution in [3.05, 3.63) is 103 Å². The van der Waals surface area contributed by atoms with Crippen LogP contribution >= 0.6 is 11.6 Å². The maximum Gasteiger partial charge on any atom is 0.363 e. The Bertz CT molecular complexity index is 1420. The number of aromatic nitrogens is 4. The minimum absolute atomic E-state index is 0.269. The number of carbonyl (C=O) groups is 1. The van der Waals surface area contributed by atoms with Gasteiger partial charge < -0.3 is 4.74 Å². The summed E-state index contributed by atoms with van der Waals surface area (Å²) in [5, 5.41) is 4.72. The Morgan fingerprint density at radius 1 is 1.06 bits per heavy atom. The van der Waals surface area contributed by atoms with Gasteiger partial charge in [0.1, 0.15) is 12.3 Å². The van der Waals surface area contributed by atoms with Crippen LogP contribution in [0.5, 0.6) is 0 Å². The monoisotopic (exact) mass is 436 g/mol. The topological polar surface area (TPSA) is 95.6 Å². The second kappa shape index (κ2) is 8.16. The number of rotatable bonds is 4. The van der Waals surface area contributed by atoms with Crippen molar-refractivity contribution in [3.63, 3.8) is 0 Å². The highest BCUT2D eigenvalue weighted by Crippen LogP contribution is 2.14. The lowest BCUT2D eigenvalue weighted by molar-refractivity contribution is 0.0456. The Morgan fingerprint density at radius 2 is 1.81 bits per heavy atom. The van der Waals surface area contributed by atoms with Crippen molar-refractivity contribution in [2.75, 3.05) is 0 Å². The van der Waals surface area contributed by atoms with E-state index in [1.165, 1.54) is 21.2 Å². The van der Waals surface area contributed by atoms with E-state index in [-0.39, 0.29) is 23.6 Å². The fourth-order valence-electron chi connectivity index (χ4n) is 3.07. The number of halogens is 1. The molecule has 4 rings (SSSR count). The lowest BCUT2D eigenvalue weighted by Crippen LogP contribution is -2.24. The second-order valence-corrected chi connectivity index (χ2v) is 7.42. The zero-order valence-electron chi connectivity index (χ0n) is 16.7. The molecule has 9 heteroatoms. The summed E-state index contributed by atoms with van der Waals surface area (Å²) in [6, 6.07) is 12.9. The molecular weight excluding hydrogens is 420 g/mol. The first-order valence-corrected chi connectivity index (χ1v) is 9.72. The Kier molecular flexibility index (Phi) is 5.39. The van der Waals surface area contributed by atoms with Crippen LogP contribution in [-0.4, -0.2) is 25.1 Å². The quantitative estimate of drug-likeness (QED) is 0.456. The molecule has 0 fully saturated rings. The fraction of sp³-hybridized carbons (Fsp3) is 0.136. The van der Waals surface area contributed by atoms with Gasteiger partial charge >= 0.3 is 5.97 Å². The fourth-order valence-corrected chi connectivity index (χ4v) is 3.19. The van der Waals surface area contributed by atoms with Crippen LogP contribution in [0.4, 0.5) is 0 Å². The van der Waals surface area contributed by atoms with Crippen LogP contribution in [-0.2, 0) is 11.3 Å². The van der Waals surface area contributed by atoms with Crippen molar-refractivity contribution >= 4 is 23.2 Å². The SMILES string of the molecule is Cc1ccn2c(=O)cc(COC(=O)c3nn(-c4ccc(Cl)cc4)c(C)cc3=O)nc2c1. The smallest absolute Gasteiger partial charge is 0.363 e. The number of aryl methyl sites for hydroxylation is 2. The standard InChI is InChI=1S/C22H17ClN4O4/c1-13-7-8-26-19(9-13)24-16(11-20(26)29)12-31-22(30)21-18(28)10-14(2)27(25-21)17-5-3-15(23)4-6-17/h3-11H,12H2,1-2H3. The predicted octanol–water partition coefficient (Wildman–Crippen LogP) is 2.87. The van der Waals surface area contributed by atoms with Crippen LogP contribution in [0, 0.1) is 13.8 Å². The van der Waals surface area contributed by atoms with E-state index in [9.17, 15) is 14.4 Å². The number of benzene rings is 1. The Labute approximate surface area is 181 Å². The number of pyridine rings is 1. The van der Waals surface area contributed by atoms with Gasteiger partial charge in [0.15, 0.2) is 0 Å². The third-order valence-corrected chi connectivity index (χ3v) is 4.85. The summed E-state index contributed by atoms with van der Waals surface area (Å²) in [5.74, 6) is -0.904. The summed E-state index contributed by atoms with van der Waals surface area (Å²) in [6.45, 7) is 3.31. The molecule has 0 saturated carbocycles. The summed E-state index contributed by atoms with van der Waals surface area (Å²) >= 11 is 5.92. The Balaban J connectivity index is 1.61. The molecule has 0 atom stereocenters. The zero-order valence-corrected chi connectivity index (χ0v) is 17.5. The van der Waals surface area contributed by atoms with Gasteiger partial charge in [0, 0.05) is 29.0 Å². The molecule has 156 valence electrons. The van der Waals surface area contributed by atoms with Gasteiger partial charge in [0.05, 0.1) is 11.4 Å². The van der Waals surface area contributed by atoms with E-state index < -0.39 is 11.4 Å². The highest BCUT2D eigenvalue weighted by Gasteiger charge is 2.17. The molecule has 0 aliphatic heterocycles. The summed E-state index contributed by atoms with van der Waals surface area (Å²) in [7, 11) is 0. The summed E-state index contributed by atoms with van der Waals surface area (Å²) in [4.78, 5) is 41.5. The van der Waals surface area contributed by atoms with Gasteiger partial charge in [-0.25, -0.2) is 14.5 Å². The van der Waals surface area contributed by atoms with Crippen molar-refractivity contribution < 1.29 is 9.53 Å². The first kappa shape index (κ1) is 20.5. The average molecular weight is 437 g/mol. The molecule has 0 aliphatic carbocycles. The third kappa shape index (κ3) is 4.24. The highest BCUT2D eigenvalue weighted by atomic mass is 35.5. The number of hydrogen-bond donors (Lipinski definition) is 0. The van der Waals surface area contributed by atoms with E-state index in [2.05, 4.69) is 10.1 Å². The van der Waals surface area contributed by atoms with Gasteiger partial charge in [-0.15, -0.1) is 0 Å². The van der Waals surface area contributed by atoms with Crippen LogP contribution in [0.3, 0.4) is 0 Å². The highest BCUT2D eigenvalue weighted by molar-refractivity contribution is 6.30. The molecule has 8 nitrogen and oxygen atoms in total. The lowest BCUT2D eigenvalue weighted by atomic mass is 10.3. The molecule has 3 heterocycles. The van der Waals surface area contributed by atoms with Crippen LogP contribution in [0.15, 0.2) is 64.3 Å². The molecule has 1 aromatic carbocycles. The van der Waals surface area contributed by atoms with Crippen LogP contribution in [0.1, 0.15) is 27.4 Å². The second-order valence-electron chi connectivity index (χ2n) is 6.98. The van der Waals surface area contributed by atoms with Crippen molar-refractivity contribution in [3.8, 4) is 5.69 Å². The maximum absolute atomic E-state index is 12.6. The molecule has 0 aliphatic rings. The minimum atomic E-state index is -0.904. The molecule has 4 aromatic rings. The average Bonchev–Trinajstić information content (AvgIpc) is 2.72. The lowest BCUT2D eigenvalue weighted by Gasteiger charge is -2.11. The molecular formula is C22H17ClN4O4. The number of fused-ring (bicyclic) bond motifs is 1.